The lowest BCUT2D eigenvalue weighted by Crippen LogP contribution is -2.19. The average Bonchev–Trinajstić information content (AvgIpc) is 2.43. The van der Waals surface area contributed by atoms with Crippen molar-refractivity contribution in [1.29, 1.82) is 0 Å². The maximum atomic E-state index is 11.3. The van der Waals surface area contributed by atoms with Crippen molar-refractivity contribution >= 4 is 22.7 Å². The summed E-state index contributed by atoms with van der Waals surface area (Å²) in [5, 5.41) is 22.3. The number of carbonyl (C=O) groups is 1. The van der Waals surface area contributed by atoms with Crippen molar-refractivity contribution in [1.82, 2.24) is 4.98 Å². The Labute approximate surface area is 110 Å². The van der Waals surface area contributed by atoms with Crippen LogP contribution in [0.4, 0.5) is 5.82 Å². The van der Waals surface area contributed by atoms with Crippen LogP contribution in [0.2, 0.25) is 0 Å². The van der Waals surface area contributed by atoms with E-state index in [1.807, 2.05) is 13.0 Å². The van der Waals surface area contributed by atoms with Gasteiger partial charge in [0.15, 0.2) is 0 Å². The summed E-state index contributed by atoms with van der Waals surface area (Å²) in [6.45, 7) is 2.23. The highest BCUT2D eigenvalue weighted by molar-refractivity contribution is 6.03. The van der Waals surface area contributed by atoms with Gasteiger partial charge in [-0.2, -0.15) is 0 Å². The minimum Gasteiger partial charge on any atom is -0.478 e. The van der Waals surface area contributed by atoms with Crippen molar-refractivity contribution in [3.05, 3.63) is 35.9 Å². The van der Waals surface area contributed by atoms with Crippen LogP contribution < -0.4 is 5.32 Å². The molecule has 1 heterocycles. The first-order chi connectivity index (χ1) is 9.11. The van der Waals surface area contributed by atoms with Crippen LogP contribution in [0, 0.1) is 0 Å². The SMILES string of the molecule is CCC(O)CNc1cc(C(=O)O)c2ccccc2n1. The molecule has 3 N–H and O–H groups in total. The van der Waals surface area contributed by atoms with Crippen LogP contribution in [0.3, 0.4) is 0 Å². The standard InChI is InChI=1S/C14H16N2O3/c1-2-9(17)8-15-13-7-11(14(18)19)10-5-3-4-6-12(10)16-13/h3-7,9,17H,2,8H2,1H3,(H,15,16)(H,18,19). The van der Waals surface area contributed by atoms with Crippen LogP contribution in [-0.4, -0.2) is 33.8 Å². The second-order valence-electron chi connectivity index (χ2n) is 4.32. The van der Waals surface area contributed by atoms with E-state index in [2.05, 4.69) is 10.3 Å². The zero-order chi connectivity index (χ0) is 13.8. The summed E-state index contributed by atoms with van der Waals surface area (Å²) in [6.07, 6.45) is 0.161. The van der Waals surface area contributed by atoms with E-state index in [1.54, 1.807) is 18.2 Å². The fraction of sp³-hybridized carbons (Fsp3) is 0.286. The first kappa shape index (κ1) is 13.3. The molecule has 0 fully saturated rings. The van der Waals surface area contributed by atoms with Gasteiger partial charge in [-0.05, 0) is 18.6 Å². The molecule has 1 unspecified atom stereocenters. The fourth-order valence-corrected chi connectivity index (χ4v) is 1.81. The van der Waals surface area contributed by atoms with E-state index in [4.69, 9.17) is 0 Å². The number of nitrogens with zero attached hydrogens (tertiary/aromatic N) is 1. The predicted molar refractivity (Wildman–Crippen MR) is 73.5 cm³/mol. The molecule has 1 aromatic heterocycles. The Hall–Kier alpha value is -2.14. The Morgan fingerprint density at radius 1 is 1.42 bits per heavy atom. The highest BCUT2D eigenvalue weighted by Gasteiger charge is 2.11. The first-order valence-corrected chi connectivity index (χ1v) is 6.17. The van der Waals surface area contributed by atoms with E-state index in [9.17, 15) is 15.0 Å². The number of aliphatic hydroxyl groups excluding tert-OH is 1. The van der Waals surface area contributed by atoms with E-state index < -0.39 is 12.1 Å². The largest absolute Gasteiger partial charge is 0.478 e. The number of benzene rings is 1. The van der Waals surface area contributed by atoms with E-state index in [0.29, 0.717) is 29.7 Å². The number of fused-ring (bicyclic) bond motifs is 1. The second-order valence-corrected chi connectivity index (χ2v) is 4.32. The molecule has 0 amide bonds. The lowest BCUT2D eigenvalue weighted by Gasteiger charge is -2.11. The second kappa shape index (κ2) is 5.67. The van der Waals surface area contributed by atoms with Gasteiger partial charge in [-0.1, -0.05) is 25.1 Å². The molecule has 2 rings (SSSR count). The van der Waals surface area contributed by atoms with E-state index >= 15 is 0 Å². The maximum absolute atomic E-state index is 11.3. The molecule has 0 spiro atoms. The molecule has 0 radical (unpaired) electrons. The third-order valence-electron chi connectivity index (χ3n) is 2.94. The summed E-state index contributed by atoms with van der Waals surface area (Å²) in [5.41, 5.74) is 0.829. The summed E-state index contributed by atoms with van der Waals surface area (Å²) in [6, 6.07) is 8.59. The van der Waals surface area contributed by atoms with Crippen LogP contribution in [0.15, 0.2) is 30.3 Å². The van der Waals surface area contributed by atoms with E-state index in [1.165, 1.54) is 6.07 Å². The molecule has 1 aromatic carbocycles. The van der Waals surface area contributed by atoms with Gasteiger partial charge in [0.25, 0.3) is 0 Å². The predicted octanol–water partition coefficient (Wildman–Crippen LogP) is 2.12. The number of aromatic carboxylic acids is 1. The number of pyridine rings is 1. The molecule has 2 aromatic rings. The molecule has 19 heavy (non-hydrogen) atoms. The molecular weight excluding hydrogens is 244 g/mol. The monoisotopic (exact) mass is 260 g/mol. The van der Waals surface area contributed by atoms with Gasteiger partial charge < -0.3 is 15.5 Å². The van der Waals surface area contributed by atoms with Gasteiger partial charge >= 0.3 is 5.97 Å². The smallest absolute Gasteiger partial charge is 0.336 e. The zero-order valence-electron chi connectivity index (χ0n) is 10.6. The van der Waals surface area contributed by atoms with Gasteiger partial charge in [-0.15, -0.1) is 0 Å². The Kier molecular flexibility index (Phi) is 3.97. The Morgan fingerprint density at radius 2 is 2.16 bits per heavy atom. The highest BCUT2D eigenvalue weighted by Crippen LogP contribution is 2.20. The number of para-hydroxylation sites is 1. The Balaban J connectivity index is 2.38. The van der Waals surface area contributed by atoms with Crippen LogP contribution in [0.25, 0.3) is 10.9 Å². The minimum atomic E-state index is -0.988. The number of anilines is 1. The molecule has 0 aliphatic heterocycles. The molecule has 5 heteroatoms. The third kappa shape index (κ3) is 3.00. The molecular formula is C14H16N2O3. The Morgan fingerprint density at radius 3 is 2.84 bits per heavy atom. The Bertz CT molecular complexity index is 598. The number of nitrogens with one attached hydrogen (secondary N) is 1. The molecule has 5 nitrogen and oxygen atoms in total. The summed E-state index contributed by atoms with van der Waals surface area (Å²) >= 11 is 0. The number of hydrogen-bond acceptors (Lipinski definition) is 4. The van der Waals surface area contributed by atoms with Crippen LogP contribution in [-0.2, 0) is 0 Å². The van der Waals surface area contributed by atoms with Crippen molar-refractivity contribution in [3.63, 3.8) is 0 Å². The zero-order valence-corrected chi connectivity index (χ0v) is 10.6. The van der Waals surface area contributed by atoms with Gasteiger partial charge in [-0.3, -0.25) is 0 Å². The van der Waals surface area contributed by atoms with Crippen molar-refractivity contribution in [3.8, 4) is 0 Å². The van der Waals surface area contributed by atoms with Crippen molar-refractivity contribution in [2.24, 2.45) is 0 Å². The lowest BCUT2D eigenvalue weighted by atomic mass is 10.1. The molecule has 0 saturated carbocycles. The van der Waals surface area contributed by atoms with Gasteiger partial charge in [0.05, 0.1) is 17.2 Å². The molecule has 0 aliphatic rings. The number of hydrogen-bond donors (Lipinski definition) is 3. The lowest BCUT2D eigenvalue weighted by molar-refractivity contribution is 0.0699. The number of carboxylic acid groups (broad SMARTS) is 1. The summed E-state index contributed by atoms with van der Waals surface area (Å²) in [5.74, 6) is -0.527. The summed E-state index contributed by atoms with van der Waals surface area (Å²) in [7, 11) is 0. The average molecular weight is 260 g/mol. The maximum Gasteiger partial charge on any atom is 0.336 e. The van der Waals surface area contributed by atoms with Gasteiger partial charge in [-0.25, -0.2) is 9.78 Å². The normalized spacial score (nSPS) is 12.3. The minimum absolute atomic E-state index is 0.207. The fourth-order valence-electron chi connectivity index (χ4n) is 1.81. The van der Waals surface area contributed by atoms with Crippen LogP contribution >= 0.6 is 0 Å². The number of rotatable bonds is 5. The molecule has 0 bridgehead atoms. The molecule has 1 atom stereocenters. The van der Waals surface area contributed by atoms with Crippen molar-refractivity contribution < 1.29 is 15.0 Å². The van der Waals surface area contributed by atoms with Gasteiger partial charge in [0.1, 0.15) is 5.82 Å². The summed E-state index contributed by atoms with van der Waals surface area (Å²) < 4.78 is 0. The number of aromatic nitrogens is 1. The van der Waals surface area contributed by atoms with Crippen LogP contribution in [0.1, 0.15) is 23.7 Å². The van der Waals surface area contributed by atoms with Crippen molar-refractivity contribution in [2.45, 2.75) is 19.4 Å². The molecule has 0 aliphatic carbocycles. The van der Waals surface area contributed by atoms with Gasteiger partial charge in [0.2, 0.25) is 0 Å². The molecule has 100 valence electrons. The number of aliphatic hydroxyl groups is 1. The molecule has 0 saturated heterocycles. The quantitative estimate of drug-likeness (QED) is 0.767. The van der Waals surface area contributed by atoms with Crippen molar-refractivity contribution in [2.75, 3.05) is 11.9 Å². The third-order valence-corrected chi connectivity index (χ3v) is 2.94. The topological polar surface area (TPSA) is 82.5 Å². The highest BCUT2D eigenvalue weighted by atomic mass is 16.4. The van der Waals surface area contributed by atoms with Gasteiger partial charge in [0, 0.05) is 11.9 Å². The first-order valence-electron chi connectivity index (χ1n) is 6.17. The number of carboxylic acids is 1. The van der Waals surface area contributed by atoms with E-state index in [0.717, 1.165) is 0 Å². The van der Waals surface area contributed by atoms with E-state index in [-0.39, 0.29) is 5.56 Å². The summed E-state index contributed by atoms with van der Waals surface area (Å²) in [4.78, 5) is 15.6. The van der Waals surface area contributed by atoms with Crippen LogP contribution in [0.5, 0.6) is 0 Å².